The largest absolute Gasteiger partial charge is 0.376 e. The number of nitrogens with one attached hydrogen (secondary N) is 1. The summed E-state index contributed by atoms with van der Waals surface area (Å²) in [5.41, 5.74) is 2.82. The van der Waals surface area contributed by atoms with Crippen molar-refractivity contribution in [2.24, 2.45) is 0 Å². The van der Waals surface area contributed by atoms with Crippen LogP contribution in [-0.2, 0) is 11.2 Å². The molecule has 0 radical (unpaired) electrons. The molecule has 1 aliphatic carbocycles. The number of anilines is 2. The highest BCUT2D eigenvalue weighted by Gasteiger charge is 2.24. The number of Topliss-reactive ketones (excluding diaryl/α,β-unsaturated/α-hetero) is 1. The Morgan fingerprint density at radius 2 is 2.14 bits per heavy atom. The molecule has 4 nitrogen and oxygen atoms in total. The monoisotopic (exact) mass is 302 g/mol. The van der Waals surface area contributed by atoms with E-state index in [2.05, 4.69) is 10.3 Å². The van der Waals surface area contributed by atoms with Crippen LogP contribution in [0.5, 0.6) is 0 Å². The summed E-state index contributed by atoms with van der Waals surface area (Å²) in [6.07, 6.45) is 3.40. The molecule has 5 heteroatoms. The number of nitrogens with zero attached hydrogens (tertiary/aromatic N) is 1. The molecule has 0 saturated heterocycles. The van der Waals surface area contributed by atoms with E-state index in [1.165, 1.54) is 4.88 Å². The average molecular weight is 302 g/mol. The summed E-state index contributed by atoms with van der Waals surface area (Å²) in [5, 5.41) is 4.20. The minimum absolute atomic E-state index is 0.0780. The van der Waals surface area contributed by atoms with Gasteiger partial charge >= 0.3 is 0 Å². The van der Waals surface area contributed by atoms with Gasteiger partial charge in [0.05, 0.1) is 16.7 Å². The van der Waals surface area contributed by atoms with Crippen LogP contribution in [0.1, 0.15) is 46.8 Å². The molecule has 0 fully saturated rings. The van der Waals surface area contributed by atoms with Crippen LogP contribution in [0.15, 0.2) is 24.3 Å². The number of fused-ring (bicyclic) bond motifs is 1. The minimum Gasteiger partial charge on any atom is -0.376 e. The summed E-state index contributed by atoms with van der Waals surface area (Å²) in [4.78, 5) is 17.2. The van der Waals surface area contributed by atoms with Crippen molar-refractivity contribution in [2.75, 3.05) is 12.4 Å². The van der Waals surface area contributed by atoms with Gasteiger partial charge in [-0.25, -0.2) is 4.98 Å². The topological polar surface area (TPSA) is 51.2 Å². The van der Waals surface area contributed by atoms with Gasteiger partial charge in [-0.15, -0.1) is 0 Å². The van der Waals surface area contributed by atoms with Crippen LogP contribution < -0.4 is 5.32 Å². The first-order valence-electron chi connectivity index (χ1n) is 7.08. The molecule has 1 aliphatic rings. The lowest BCUT2D eigenvalue weighted by Crippen LogP contribution is -2.08. The van der Waals surface area contributed by atoms with Gasteiger partial charge in [-0.05, 0) is 50.5 Å². The number of rotatable bonds is 4. The summed E-state index contributed by atoms with van der Waals surface area (Å²) in [6.45, 7) is 1.57. The number of aryl methyl sites for hydroxylation is 1. The Hall–Kier alpha value is -1.72. The summed E-state index contributed by atoms with van der Waals surface area (Å²) >= 11 is 1.66. The highest BCUT2D eigenvalue weighted by atomic mass is 32.1. The third kappa shape index (κ3) is 2.99. The van der Waals surface area contributed by atoms with Gasteiger partial charge in [0, 0.05) is 18.4 Å². The SMILES string of the molecule is COC1CCCc2nc(Nc3ccc(C(C)=O)cc3)sc21. The van der Waals surface area contributed by atoms with E-state index in [9.17, 15) is 4.79 Å². The first-order valence-corrected chi connectivity index (χ1v) is 7.89. The maximum absolute atomic E-state index is 11.3. The maximum Gasteiger partial charge on any atom is 0.187 e. The number of methoxy groups -OCH3 is 1. The fourth-order valence-electron chi connectivity index (χ4n) is 2.57. The van der Waals surface area contributed by atoms with E-state index >= 15 is 0 Å². The standard InChI is InChI=1S/C16H18N2O2S/c1-10(19)11-6-8-12(9-7-11)17-16-18-13-4-3-5-14(20-2)15(13)21-16/h6-9,14H,3-5H2,1-2H3,(H,17,18). The quantitative estimate of drug-likeness (QED) is 0.863. The zero-order chi connectivity index (χ0) is 14.8. The molecule has 1 N–H and O–H groups in total. The summed E-state index contributed by atoms with van der Waals surface area (Å²) in [6, 6.07) is 7.47. The molecular formula is C16H18N2O2S. The van der Waals surface area contributed by atoms with Gasteiger partial charge in [-0.1, -0.05) is 11.3 Å². The first-order chi connectivity index (χ1) is 10.2. The van der Waals surface area contributed by atoms with Crippen molar-refractivity contribution in [2.45, 2.75) is 32.3 Å². The van der Waals surface area contributed by atoms with Crippen LogP contribution in [0.3, 0.4) is 0 Å². The molecule has 0 spiro atoms. The number of carbonyl (C=O) groups is 1. The van der Waals surface area contributed by atoms with Crippen LogP contribution in [-0.4, -0.2) is 17.9 Å². The van der Waals surface area contributed by atoms with Gasteiger partial charge in [-0.2, -0.15) is 0 Å². The molecule has 0 aliphatic heterocycles. The Labute approximate surface area is 128 Å². The molecule has 0 amide bonds. The van der Waals surface area contributed by atoms with E-state index < -0.39 is 0 Å². The van der Waals surface area contributed by atoms with Crippen LogP contribution in [0.25, 0.3) is 0 Å². The van der Waals surface area contributed by atoms with Crippen molar-refractivity contribution in [3.63, 3.8) is 0 Å². The van der Waals surface area contributed by atoms with Gasteiger partial charge < -0.3 is 10.1 Å². The van der Waals surface area contributed by atoms with E-state index in [1.807, 2.05) is 24.3 Å². The highest BCUT2D eigenvalue weighted by Crippen LogP contribution is 2.38. The molecule has 1 aromatic carbocycles. The van der Waals surface area contributed by atoms with Crippen molar-refractivity contribution in [3.05, 3.63) is 40.4 Å². The van der Waals surface area contributed by atoms with E-state index in [4.69, 9.17) is 4.74 Å². The predicted molar refractivity (Wildman–Crippen MR) is 84.5 cm³/mol. The minimum atomic E-state index is 0.0780. The number of ether oxygens (including phenoxy) is 1. The maximum atomic E-state index is 11.3. The molecule has 0 saturated carbocycles. The second kappa shape index (κ2) is 5.95. The van der Waals surface area contributed by atoms with Crippen molar-refractivity contribution in [3.8, 4) is 0 Å². The lowest BCUT2D eigenvalue weighted by molar-refractivity contribution is 0.0908. The van der Waals surface area contributed by atoms with Crippen LogP contribution in [0.4, 0.5) is 10.8 Å². The molecule has 1 heterocycles. The van der Waals surface area contributed by atoms with Gasteiger partial charge in [0.2, 0.25) is 0 Å². The Bertz CT molecular complexity index is 649. The predicted octanol–water partition coefficient (Wildman–Crippen LogP) is 4.11. The molecule has 3 rings (SSSR count). The van der Waals surface area contributed by atoms with Gasteiger partial charge in [0.25, 0.3) is 0 Å². The Morgan fingerprint density at radius 1 is 1.38 bits per heavy atom. The molecular weight excluding hydrogens is 284 g/mol. The molecule has 1 unspecified atom stereocenters. The van der Waals surface area contributed by atoms with E-state index in [1.54, 1.807) is 25.4 Å². The van der Waals surface area contributed by atoms with E-state index in [-0.39, 0.29) is 11.9 Å². The first kappa shape index (κ1) is 14.2. The van der Waals surface area contributed by atoms with Crippen LogP contribution in [0, 0.1) is 0 Å². The number of ketones is 1. The number of benzene rings is 1. The normalized spacial score (nSPS) is 17.3. The van der Waals surface area contributed by atoms with E-state index in [0.29, 0.717) is 0 Å². The average Bonchev–Trinajstić information content (AvgIpc) is 2.90. The van der Waals surface area contributed by atoms with Crippen molar-refractivity contribution >= 4 is 27.9 Å². The number of aromatic nitrogens is 1. The van der Waals surface area contributed by atoms with Gasteiger partial charge in [-0.3, -0.25) is 4.79 Å². The Kier molecular flexibility index (Phi) is 4.03. The number of hydrogen-bond donors (Lipinski definition) is 1. The fraction of sp³-hybridized carbons (Fsp3) is 0.375. The number of hydrogen-bond acceptors (Lipinski definition) is 5. The number of carbonyl (C=O) groups excluding carboxylic acids is 1. The second-order valence-electron chi connectivity index (χ2n) is 5.21. The summed E-state index contributed by atoms with van der Waals surface area (Å²) in [7, 11) is 1.76. The fourth-order valence-corrected chi connectivity index (χ4v) is 3.71. The summed E-state index contributed by atoms with van der Waals surface area (Å²) in [5.74, 6) is 0.0780. The third-order valence-electron chi connectivity index (χ3n) is 3.73. The van der Waals surface area contributed by atoms with Gasteiger partial charge in [0.1, 0.15) is 0 Å². The lowest BCUT2D eigenvalue weighted by atomic mass is 10.0. The molecule has 2 aromatic rings. The van der Waals surface area contributed by atoms with Crippen molar-refractivity contribution < 1.29 is 9.53 Å². The molecule has 110 valence electrons. The lowest BCUT2D eigenvalue weighted by Gasteiger charge is -2.18. The third-order valence-corrected chi connectivity index (χ3v) is 4.83. The smallest absolute Gasteiger partial charge is 0.187 e. The van der Waals surface area contributed by atoms with Gasteiger partial charge in [0.15, 0.2) is 10.9 Å². The second-order valence-corrected chi connectivity index (χ2v) is 6.24. The number of thiazole rings is 1. The van der Waals surface area contributed by atoms with Crippen LogP contribution >= 0.6 is 11.3 Å². The molecule has 1 atom stereocenters. The zero-order valence-corrected chi connectivity index (χ0v) is 13.0. The summed E-state index contributed by atoms with van der Waals surface area (Å²) < 4.78 is 5.53. The Morgan fingerprint density at radius 3 is 2.81 bits per heavy atom. The zero-order valence-electron chi connectivity index (χ0n) is 12.2. The van der Waals surface area contributed by atoms with E-state index in [0.717, 1.165) is 41.3 Å². The highest BCUT2D eigenvalue weighted by molar-refractivity contribution is 7.15. The van der Waals surface area contributed by atoms with Crippen molar-refractivity contribution in [1.29, 1.82) is 0 Å². The molecule has 21 heavy (non-hydrogen) atoms. The molecule has 1 aromatic heterocycles. The Balaban J connectivity index is 1.79. The molecule has 0 bridgehead atoms. The van der Waals surface area contributed by atoms with Crippen LogP contribution in [0.2, 0.25) is 0 Å². The van der Waals surface area contributed by atoms with Crippen molar-refractivity contribution in [1.82, 2.24) is 4.98 Å².